The number of unbranched alkanes of at least 4 members (excludes halogenated alkanes) is 35. The van der Waals surface area contributed by atoms with Crippen LogP contribution in [0.1, 0.15) is 271 Å². The number of nitrogens with one attached hydrogen (secondary N) is 1. The highest BCUT2D eigenvalue weighted by Crippen LogP contribution is 2.38. The van der Waals surface area contributed by atoms with E-state index in [9.17, 15) is 19.4 Å². The topological polar surface area (TPSA) is 108 Å². The van der Waals surface area contributed by atoms with Gasteiger partial charge in [0.05, 0.1) is 39.9 Å². The van der Waals surface area contributed by atoms with Crippen molar-refractivity contribution < 1.29 is 32.9 Å². The molecule has 9 heteroatoms. The lowest BCUT2D eigenvalue weighted by atomic mass is 10.0. The summed E-state index contributed by atoms with van der Waals surface area (Å²) in [6.45, 7) is 4.65. The molecule has 3 atom stereocenters. The minimum Gasteiger partial charge on any atom is -0.756 e. The molecule has 1 amide bonds. The molecular weight excluding hydrogens is 840 g/mol. The largest absolute Gasteiger partial charge is 0.756 e. The minimum absolute atomic E-state index is 0.00611. The Morgan fingerprint density at radius 3 is 1.23 bits per heavy atom. The van der Waals surface area contributed by atoms with Gasteiger partial charge in [-0.3, -0.25) is 9.36 Å². The van der Waals surface area contributed by atoms with E-state index in [0.29, 0.717) is 17.4 Å². The van der Waals surface area contributed by atoms with Crippen molar-refractivity contribution in [2.24, 2.45) is 0 Å². The molecule has 0 aliphatic heterocycles. The fourth-order valence-corrected chi connectivity index (χ4v) is 9.06. The number of aliphatic hydroxyl groups is 1. The van der Waals surface area contributed by atoms with Gasteiger partial charge in [0.2, 0.25) is 5.91 Å². The molecule has 0 spiro atoms. The molecule has 0 bridgehead atoms. The lowest BCUT2D eigenvalue weighted by molar-refractivity contribution is -0.870. The monoisotopic (exact) mass is 951 g/mol. The number of amides is 1. The van der Waals surface area contributed by atoms with Crippen LogP contribution in [0.2, 0.25) is 0 Å². The molecule has 0 rings (SSSR count). The van der Waals surface area contributed by atoms with E-state index in [-0.39, 0.29) is 12.5 Å². The van der Waals surface area contributed by atoms with Crippen molar-refractivity contribution in [2.75, 3.05) is 40.9 Å². The zero-order chi connectivity index (χ0) is 48.5. The van der Waals surface area contributed by atoms with Crippen molar-refractivity contribution in [3.05, 3.63) is 36.5 Å². The summed E-state index contributed by atoms with van der Waals surface area (Å²) in [5, 5.41) is 13.9. The van der Waals surface area contributed by atoms with Gasteiger partial charge in [0, 0.05) is 6.42 Å². The van der Waals surface area contributed by atoms with Gasteiger partial charge < -0.3 is 28.8 Å². The third kappa shape index (κ3) is 50.6. The van der Waals surface area contributed by atoms with Gasteiger partial charge in [-0.2, -0.15) is 0 Å². The number of carbonyl (C=O) groups is 1. The van der Waals surface area contributed by atoms with Gasteiger partial charge in [-0.05, 0) is 57.8 Å². The maximum atomic E-state index is 12.9. The Morgan fingerprint density at radius 2 is 0.848 bits per heavy atom. The molecule has 0 radical (unpaired) electrons. The quantitative estimate of drug-likeness (QED) is 0.0272. The highest BCUT2D eigenvalue weighted by molar-refractivity contribution is 7.45. The van der Waals surface area contributed by atoms with E-state index in [1.807, 2.05) is 27.2 Å². The average Bonchev–Trinajstić information content (AvgIpc) is 3.28. The molecule has 0 saturated heterocycles. The Morgan fingerprint density at radius 1 is 0.515 bits per heavy atom. The number of allylic oxidation sites excluding steroid dienone is 5. The number of phosphoric acid groups is 1. The number of phosphoric ester groups is 1. The summed E-state index contributed by atoms with van der Waals surface area (Å²) in [5.41, 5.74) is 0. The van der Waals surface area contributed by atoms with Crippen molar-refractivity contribution in [2.45, 2.75) is 283 Å². The summed E-state index contributed by atoms with van der Waals surface area (Å²) < 4.78 is 23.3. The van der Waals surface area contributed by atoms with Crippen LogP contribution in [0, 0.1) is 0 Å². The number of hydrogen-bond acceptors (Lipinski definition) is 6. The molecule has 0 aromatic rings. The van der Waals surface area contributed by atoms with Crippen LogP contribution in [0.25, 0.3) is 0 Å². The standard InChI is InChI=1S/C57H111N2O6P/c1-6-8-10-12-14-16-18-20-22-24-26-27-28-29-30-31-33-34-36-38-40-42-44-46-48-50-56(60)55(54-65-66(62,63)64-53-52-59(3,4)5)58-57(61)51-49-47-45-43-41-39-37-35-32-25-23-21-19-17-15-13-11-9-7-2/h21,23,40,42,48,50,55-56,60H,6-20,22,24-39,41,43-47,49,51-54H2,1-5H3,(H-,58,61,62,63)/b23-21-,42-40+,50-48+. The molecule has 390 valence electrons. The van der Waals surface area contributed by atoms with Crippen molar-refractivity contribution >= 4 is 13.7 Å². The summed E-state index contributed by atoms with van der Waals surface area (Å²) in [6, 6.07) is -0.904. The van der Waals surface area contributed by atoms with E-state index in [0.717, 1.165) is 38.5 Å². The van der Waals surface area contributed by atoms with Gasteiger partial charge in [-0.25, -0.2) is 0 Å². The van der Waals surface area contributed by atoms with E-state index in [2.05, 4.69) is 43.5 Å². The molecule has 3 unspecified atom stereocenters. The van der Waals surface area contributed by atoms with Crippen LogP contribution in [0.3, 0.4) is 0 Å². The molecule has 0 fully saturated rings. The normalized spacial score (nSPS) is 14.2. The smallest absolute Gasteiger partial charge is 0.268 e. The van der Waals surface area contributed by atoms with E-state index in [1.165, 1.54) is 212 Å². The van der Waals surface area contributed by atoms with E-state index in [1.54, 1.807) is 6.08 Å². The zero-order valence-corrected chi connectivity index (χ0v) is 45.3. The van der Waals surface area contributed by atoms with Gasteiger partial charge in [0.15, 0.2) is 0 Å². The molecule has 0 heterocycles. The van der Waals surface area contributed by atoms with Crippen LogP contribution < -0.4 is 10.2 Å². The first-order valence-corrected chi connectivity index (χ1v) is 29.8. The van der Waals surface area contributed by atoms with Crippen LogP contribution in [0.15, 0.2) is 36.5 Å². The summed E-state index contributed by atoms with van der Waals surface area (Å²) in [4.78, 5) is 25.5. The molecule has 0 aliphatic rings. The van der Waals surface area contributed by atoms with Gasteiger partial charge in [-0.1, -0.05) is 243 Å². The van der Waals surface area contributed by atoms with Gasteiger partial charge in [0.25, 0.3) is 7.82 Å². The Hall–Kier alpha value is -1.28. The Balaban J connectivity index is 4.26. The van der Waals surface area contributed by atoms with Gasteiger partial charge in [0.1, 0.15) is 13.2 Å². The fourth-order valence-electron chi connectivity index (χ4n) is 8.34. The molecule has 0 aromatic carbocycles. The van der Waals surface area contributed by atoms with E-state index < -0.39 is 26.6 Å². The first kappa shape index (κ1) is 64.7. The molecule has 0 aromatic heterocycles. The van der Waals surface area contributed by atoms with Gasteiger partial charge >= 0.3 is 0 Å². The summed E-state index contributed by atoms with van der Waals surface area (Å²) >= 11 is 0. The number of quaternary nitrogens is 1. The Bertz CT molecular complexity index is 1170. The minimum atomic E-state index is -4.60. The molecule has 8 nitrogen and oxygen atoms in total. The van der Waals surface area contributed by atoms with Crippen molar-refractivity contribution in [1.29, 1.82) is 0 Å². The van der Waals surface area contributed by atoms with Crippen molar-refractivity contribution in [3.63, 3.8) is 0 Å². The van der Waals surface area contributed by atoms with E-state index >= 15 is 0 Å². The first-order valence-electron chi connectivity index (χ1n) is 28.4. The maximum Gasteiger partial charge on any atom is 0.268 e. The number of rotatable bonds is 52. The van der Waals surface area contributed by atoms with E-state index in [4.69, 9.17) is 9.05 Å². The van der Waals surface area contributed by atoms with Gasteiger partial charge in [-0.15, -0.1) is 0 Å². The molecule has 2 N–H and O–H groups in total. The van der Waals surface area contributed by atoms with Crippen LogP contribution in [-0.2, 0) is 18.4 Å². The second-order valence-corrected chi connectivity index (χ2v) is 22.0. The SMILES string of the molecule is CCCCCCCC/C=C\CCCCCCCCCCCC(=O)NC(COP(=O)([O-])OCC[N+](C)(C)C)C(O)/C=C/CC/C=C/CCCCCCCCCCCCCCCCCCCCC. The van der Waals surface area contributed by atoms with Crippen molar-refractivity contribution in [1.82, 2.24) is 5.32 Å². The molecule has 66 heavy (non-hydrogen) atoms. The molecule has 0 saturated carbocycles. The first-order chi connectivity index (χ1) is 32.0. The zero-order valence-electron chi connectivity index (χ0n) is 44.4. The highest BCUT2D eigenvalue weighted by atomic mass is 31.2. The fraction of sp³-hybridized carbons (Fsp3) is 0.877. The second-order valence-electron chi connectivity index (χ2n) is 20.6. The lowest BCUT2D eigenvalue weighted by Gasteiger charge is -2.29. The Labute approximate surface area is 410 Å². The second kappa shape index (κ2) is 48.7. The summed E-state index contributed by atoms with van der Waals surface area (Å²) in [6.07, 6.45) is 62.2. The van der Waals surface area contributed by atoms with Crippen LogP contribution >= 0.6 is 7.82 Å². The number of hydrogen-bond donors (Lipinski definition) is 2. The predicted molar refractivity (Wildman–Crippen MR) is 284 cm³/mol. The van der Waals surface area contributed by atoms with Crippen LogP contribution in [-0.4, -0.2) is 68.5 Å². The number of nitrogens with zero attached hydrogens (tertiary/aromatic N) is 1. The number of aliphatic hydroxyl groups excluding tert-OH is 1. The third-order valence-corrected chi connectivity index (χ3v) is 13.8. The Kier molecular flexibility index (Phi) is 47.8. The predicted octanol–water partition coefficient (Wildman–Crippen LogP) is 16.4. The summed E-state index contributed by atoms with van der Waals surface area (Å²) in [7, 11) is 1.25. The molecule has 0 aliphatic carbocycles. The summed E-state index contributed by atoms with van der Waals surface area (Å²) in [5.74, 6) is -0.207. The number of carbonyl (C=O) groups excluding carboxylic acids is 1. The third-order valence-electron chi connectivity index (χ3n) is 12.8. The van der Waals surface area contributed by atoms with Crippen LogP contribution in [0.5, 0.6) is 0 Å². The number of likely N-dealkylation sites (N-methyl/N-ethyl adjacent to an activating group) is 1. The lowest BCUT2D eigenvalue weighted by Crippen LogP contribution is -2.45. The van der Waals surface area contributed by atoms with Crippen molar-refractivity contribution in [3.8, 4) is 0 Å². The average molecular weight is 951 g/mol. The maximum absolute atomic E-state index is 12.9. The highest BCUT2D eigenvalue weighted by Gasteiger charge is 2.23. The molecular formula is C57H111N2O6P. The van der Waals surface area contributed by atoms with Crippen LogP contribution in [0.4, 0.5) is 0 Å².